The first-order valence-electron chi connectivity index (χ1n) is 8.43. The summed E-state index contributed by atoms with van der Waals surface area (Å²) in [5.41, 5.74) is 0.748. The Morgan fingerprint density at radius 1 is 1.04 bits per heavy atom. The van der Waals surface area contributed by atoms with Gasteiger partial charge in [0.1, 0.15) is 6.54 Å². The Morgan fingerprint density at radius 3 is 2.26 bits per heavy atom. The van der Waals surface area contributed by atoms with Crippen LogP contribution in [0.25, 0.3) is 0 Å². The molecular formula is C18H23N3O6. The minimum Gasteiger partial charge on any atom is -0.493 e. The van der Waals surface area contributed by atoms with E-state index in [0.29, 0.717) is 16.4 Å². The van der Waals surface area contributed by atoms with Gasteiger partial charge in [0.05, 0.1) is 14.2 Å². The molecule has 9 heteroatoms. The molecule has 0 spiro atoms. The van der Waals surface area contributed by atoms with E-state index in [4.69, 9.17) is 9.47 Å². The van der Waals surface area contributed by atoms with Gasteiger partial charge in [-0.1, -0.05) is 19.9 Å². The van der Waals surface area contributed by atoms with Gasteiger partial charge in [0.15, 0.2) is 11.5 Å². The molecule has 1 N–H and O–H groups in total. The van der Waals surface area contributed by atoms with E-state index in [1.54, 1.807) is 18.2 Å². The molecule has 1 aromatic carbocycles. The van der Waals surface area contributed by atoms with Crippen LogP contribution in [0.5, 0.6) is 11.5 Å². The number of imide groups is 2. The van der Waals surface area contributed by atoms with Crippen molar-refractivity contribution in [2.45, 2.75) is 20.4 Å². The molecule has 1 aliphatic rings. The van der Waals surface area contributed by atoms with E-state index >= 15 is 0 Å². The molecule has 0 unspecified atom stereocenters. The first-order chi connectivity index (χ1) is 12.8. The van der Waals surface area contributed by atoms with Crippen LogP contribution in [-0.2, 0) is 20.9 Å². The quantitative estimate of drug-likeness (QED) is 0.530. The molecule has 0 saturated carbocycles. The SMILES string of the molecule is COc1ccc(CNC(=O)CN2C(=O)C(=O)N(CC(C)C)C2=O)cc1OC. The third-order valence-electron chi connectivity index (χ3n) is 3.92. The summed E-state index contributed by atoms with van der Waals surface area (Å²) in [5.74, 6) is -1.34. The van der Waals surface area contributed by atoms with E-state index in [1.165, 1.54) is 14.2 Å². The van der Waals surface area contributed by atoms with Gasteiger partial charge in [-0.05, 0) is 23.6 Å². The van der Waals surface area contributed by atoms with Crippen molar-refractivity contribution in [2.75, 3.05) is 27.3 Å². The molecule has 1 aromatic rings. The highest BCUT2D eigenvalue weighted by Crippen LogP contribution is 2.27. The maximum atomic E-state index is 12.2. The predicted molar refractivity (Wildman–Crippen MR) is 95.1 cm³/mol. The van der Waals surface area contributed by atoms with Gasteiger partial charge in [-0.25, -0.2) is 9.69 Å². The van der Waals surface area contributed by atoms with Gasteiger partial charge in [-0.2, -0.15) is 0 Å². The van der Waals surface area contributed by atoms with Crippen LogP contribution >= 0.6 is 0 Å². The van der Waals surface area contributed by atoms with Crippen LogP contribution in [0.3, 0.4) is 0 Å². The fourth-order valence-electron chi connectivity index (χ4n) is 2.61. The first kappa shape index (κ1) is 20.2. The van der Waals surface area contributed by atoms with Gasteiger partial charge in [0, 0.05) is 13.1 Å². The molecule has 0 aromatic heterocycles. The van der Waals surface area contributed by atoms with Crippen molar-refractivity contribution in [2.24, 2.45) is 5.92 Å². The fraction of sp³-hybridized carbons (Fsp3) is 0.444. The molecule has 0 bridgehead atoms. The second kappa shape index (κ2) is 8.52. The number of amides is 5. The maximum Gasteiger partial charge on any atom is 0.334 e. The summed E-state index contributed by atoms with van der Waals surface area (Å²) in [6.07, 6.45) is 0. The number of methoxy groups -OCH3 is 2. The summed E-state index contributed by atoms with van der Waals surface area (Å²) in [4.78, 5) is 49.8. The third kappa shape index (κ3) is 4.55. The molecule has 2 rings (SSSR count). The number of nitrogens with one attached hydrogen (secondary N) is 1. The Bertz CT molecular complexity index is 761. The number of hydrogen-bond donors (Lipinski definition) is 1. The molecular weight excluding hydrogens is 354 g/mol. The Morgan fingerprint density at radius 2 is 1.67 bits per heavy atom. The fourth-order valence-corrected chi connectivity index (χ4v) is 2.61. The highest BCUT2D eigenvalue weighted by molar-refractivity contribution is 6.45. The van der Waals surface area contributed by atoms with Crippen LogP contribution in [-0.4, -0.2) is 60.9 Å². The van der Waals surface area contributed by atoms with Crippen LogP contribution < -0.4 is 14.8 Å². The number of hydrogen-bond acceptors (Lipinski definition) is 6. The molecule has 1 heterocycles. The highest BCUT2D eigenvalue weighted by atomic mass is 16.5. The van der Waals surface area contributed by atoms with Crippen molar-refractivity contribution in [3.05, 3.63) is 23.8 Å². The van der Waals surface area contributed by atoms with Crippen molar-refractivity contribution in [3.8, 4) is 11.5 Å². The maximum absolute atomic E-state index is 12.2. The number of urea groups is 1. The van der Waals surface area contributed by atoms with Gasteiger partial charge in [-0.15, -0.1) is 0 Å². The number of benzene rings is 1. The average Bonchev–Trinajstić information content (AvgIpc) is 2.83. The Kier molecular flexibility index (Phi) is 6.38. The lowest BCUT2D eigenvalue weighted by Crippen LogP contribution is -2.41. The standard InChI is InChI=1S/C18H23N3O6/c1-11(2)9-20-16(23)17(24)21(18(20)25)10-15(22)19-8-12-5-6-13(26-3)14(7-12)27-4/h5-7,11H,8-10H2,1-4H3,(H,19,22). The van der Waals surface area contributed by atoms with Crippen molar-refractivity contribution in [1.82, 2.24) is 15.1 Å². The molecule has 0 aliphatic carbocycles. The van der Waals surface area contributed by atoms with Gasteiger partial charge >= 0.3 is 17.8 Å². The molecule has 0 radical (unpaired) electrons. The highest BCUT2D eigenvalue weighted by Gasteiger charge is 2.45. The largest absolute Gasteiger partial charge is 0.493 e. The second-order valence-corrected chi connectivity index (χ2v) is 6.45. The first-order valence-corrected chi connectivity index (χ1v) is 8.43. The minimum atomic E-state index is -0.984. The van der Waals surface area contributed by atoms with Crippen LogP contribution in [0.1, 0.15) is 19.4 Å². The topological polar surface area (TPSA) is 105 Å². The summed E-state index contributed by atoms with van der Waals surface area (Å²) in [6.45, 7) is 3.44. The molecule has 1 aliphatic heterocycles. The predicted octanol–water partition coefficient (Wildman–Crippen LogP) is 0.767. The number of ether oxygens (including phenoxy) is 2. The van der Waals surface area contributed by atoms with E-state index in [1.807, 2.05) is 13.8 Å². The molecule has 0 atom stereocenters. The van der Waals surface area contributed by atoms with E-state index in [-0.39, 0.29) is 19.0 Å². The second-order valence-electron chi connectivity index (χ2n) is 6.45. The van der Waals surface area contributed by atoms with Crippen molar-refractivity contribution < 1.29 is 28.7 Å². The van der Waals surface area contributed by atoms with Crippen molar-refractivity contribution in [1.29, 1.82) is 0 Å². The van der Waals surface area contributed by atoms with Gasteiger partial charge in [0.25, 0.3) is 0 Å². The van der Waals surface area contributed by atoms with E-state index in [9.17, 15) is 19.2 Å². The van der Waals surface area contributed by atoms with E-state index in [2.05, 4.69) is 5.32 Å². The molecule has 146 valence electrons. The van der Waals surface area contributed by atoms with E-state index < -0.39 is 30.3 Å². The third-order valence-corrected chi connectivity index (χ3v) is 3.92. The summed E-state index contributed by atoms with van der Waals surface area (Å²) < 4.78 is 10.3. The van der Waals surface area contributed by atoms with Gasteiger partial charge < -0.3 is 14.8 Å². The van der Waals surface area contributed by atoms with Gasteiger partial charge in [-0.3, -0.25) is 19.3 Å². The van der Waals surface area contributed by atoms with Crippen molar-refractivity contribution >= 4 is 23.8 Å². The lowest BCUT2D eigenvalue weighted by Gasteiger charge is -2.17. The van der Waals surface area contributed by atoms with Crippen LogP contribution in [0, 0.1) is 5.92 Å². The average molecular weight is 377 g/mol. The summed E-state index contributed by atoms with van der Waals surface area (Å²) in [7, 11) is 3.03. The van der Waals surface area contributed by atoms with Crippen LogP contribution in [0.4, 0.5) is 4.79 Å². The number of carbonyl (C=O) groups excluding carboxylic acids is 4. The Balaban J connectivity index is 1.97. The monoisotopic (exact) mass is 377 g/mol. The van der Waals surface area contributed by atoms with E-state index in [0.717, 1.165) is 10.5 Å². The van der Waals surface area contributed by atoms with Crippen molar-refractivity contribution in [3.63, 3.8) is 0 Å². The van der Waals surface area contributed by atoms with Crippen LogP contribution in [0.2, 0.25) is 0 Å². The molecule has 5 amide bonds. The molecule has 1 saturated heterocycles. The minimum absolute atomic E-state index is 0.0181. The number of rotatable bonds is 8. The van der Waals surface area contributed by atoms with Gasteiger partial charge in [0.2, 0.25) is 5.91 Å². The Labute approximate surface area is 157 Å². The lowest BCUT2D eigenvalue weighted by atomic mass is 10.2. The normalized spacial score (nSPS) is 14.2. The molecule has 27 heavy (non-hydrogen) atoms. The summed E-state index contributed by atoms with van der Waals surface area (Å²) in [5, 5.41) is 2.61. The summed E-state index contributed by atoms with van der Waals surface area (Å²) in [6, 6.07) is 4.40. The Hall–Kier alpha value is -3.10. The molecule has 9 nitrogen and oxygen atoms in total. The lowest BCUT2D eigenvalue weighted by molar-refractivity contribution is -0.144. The smallest absolute Gasteiger partial charge is 0.334 e. The number of carbonyl (C=O) groups is 4. The zero-order chi connectivity index (χ0) is 20.1. The zero-order valence-electron chi connectivity index (χ0n) is 15.8. The summed E-state index contributed by atoms with van der Waals surface area (Å²) >= 11 is 0. The zero-order valence-corrected chi connectivity index (χ0v) is 15.8. The molecule has 1 fully saturated rings. The van der Waals surface area contributed by atoms with Crippen LogP contribution in [0.15, 0.2) is 18.2 Å². The number of nitrogens with zero attached hydrogens (tertiary/aromatic N) is 2.